The summed E-state index contributed by atoms with van der Waals surface area (Å²) in [5.41, 5.74) is 5.19. The Morgan fingerprint density at radius 1 is 1.62 bits per heavy atom. The van der Waals surface area contributed by atoms with Crippen LogP contribution in [0.25, 0.3) is 0 Å². The number of thioether (sulfide) groups is 1. The summed E-state index contributed by atoms with van der Waals surface area (Å²) in [6, 6.07) is -0.683. The summed E-state index contributed by atoms with van der Waals surface area (Å²) in [6.45, 7) is 0. The maximum Gasteiger partial charge on any atom is 0.320 e. The predicted octanol–water partition coefficient (Wildman–Crippen LogP) is 0.146. The van der Waals surface area contributed by atoms with E-state index in [1.54, 1.807) is 24.3 Å². The Balaban J connectivity index is 0. The third-order valence-electron chi connectivity index (χ3n) is 0.950. The highest BCUT2D eigenvalue weighted by Crippen LogP contribution is 1.97. The summed E-state index contributed by atoms with van der Waals surface area (Å²) in [7, 11) is -0.611. The molecule has 0 aliphatic rings. The standard InChI is InChI=1S/C5H11NO2S.C2H6OS/c1-9-3-2-4(6)5(7)8;1-4(2)3/h4H,2-3,6H2,1H3,(H,7,8);1-2H3. The molecular weight excluding hydrogens is 210 g/mol. The van der Waals surface area contributed by atoms with E-state index < -0.39 is 22.8 Å². The van der Waals surface area contributed by atoms with Crippen molar-refractivity contribution in [1.29, 1.82) is 0 Å². The maximum absolute atomic E-state index is 10.1. The van der Waals surface area contributed by atoms with Gasteiger partial charge >= 0.3 is 5.97 Å². The van der Waals surface area contributed by atoms with Crippen molar-refractivity contribution in [2.75, 3.05) is 24.5 Å². The molecule has 0 bridgehead atoms. The van der Waals surface area contributed by atoms with Crippen LogP contribution in [0, 0.1) is 0 Å². The molecular formula is C7H17NO3S2. The fourth-order valence-electron chi connectivity index (χ4n) is 0.368. The van der Waals surface area contributed by atoms with Crippen LogP contribution in [0.15, 0.2) is 0 Å². The largest absolute Gasteiger partial charge is 0.480 e. The summed E-state index contributed by atoms with van der Waals surface area (Å²) < 4.78 is 9.56. The lowest BCUT2D eigenvalue weighted by Crippen LogP contribution is -2.30. The highest BCUT2D eigenvalue weighted by atomic mass is 32.2. The van der Waals surface area contributed by atoms with Gasteiger partial charge in [-0.15, -0.1) is 0 Å². The van der Waals surface area contributed by atoms with Crippen molar-refractivity contribution in [3.05, 3.63) is 0 Å². The first-order valence-electron chi connectivity index (χ1n) is 3.64. The molecule has 0 aromatic carbocycles. The zero-order valence-corrected chi connectivity index (χ0v) is 9.78. The fourth-order valence-corrected chi connectivity index (χ4v) is 0.858. The van der Waals surface area contributed by atoms with Crippen molar-refractivity contribution in [3.8, 4) is 0 Å². The first-order chi connectivity index (χ1) is 5.91. The third-order valence-corrected chi connectivity index (χ3v) is 1.59. The highest BCUT2D eigenvalue weighted by molar-refractivity contribution is 7.98. The number of rotatable bonds is 4. The number of carbonyl (C=O) groups is 1. The predicted molar refractivity (Wildman–Crippen MR) is 58.6 cm³/mol. The van der Waals surface area contributed by atoms with E-state index >= 15 is 0 Å². The molecule has 3 N–H and O–H groups in total. The molecule has 6 heteroatoms. The molecule has 0 aromatic rings. The Labute approximate surface area is 85.7 Å². The van der Waals surface area contributed by atoms with Gasteiger partial charge < -0.3 is 10.8 Å². The van der Waals surface area contributed by atoms with Crippen LogP contribution in [0.5, 0.6) is 0 Å². The Hall–Kier alpha value is -0.0700. The summed E-state index contributed by atoms with van der Waals surface area (Å²) in [5.74, 6) is -0.1000. The van der Waals surface area contributed by atoms with Gasteiger partial charge in [0.1, 0.15) is 6.04 Å². The van der Waals surface area contributed by atoms with Crippen molar-refractivity contribution in [2.45, 2.75) is 12.5 Å². The third kappa shape index (κ3) is 18.7. The number of hydrogen-bond acceptors (Lipinski definition) is 4. The van der Waals surface area contributed by atoms with Crippen LogP contribution in [-0.2, 0) is 15.6 Å². The van der Waals surface area contributed by atoms with Crippen molar-refractivity contribution < 1.29 is 14.1 Å². The molecule has 0 aliphatic heterocycles. The number of nitrogens with two attached hydrogens (primary N) is 1. The molecule has 0 heterocycles. The summed E-state index contributed by atoms with van der Waals surface area (Å²) in [6.07, 6.45) is 5.76. The molecule has 0 spiro atoms. The van der Waals surface area contributed by atoms with Gasteiger partial charge in [0.15, 0.2) is 0 Å². The van der Waals surface area contributed by atoms with E-state index in [0.717, 1.165) is 5.75 Å². The molecule has 13 heavy (non-hydrogen) atoms. The lowest BCUT2D eigenvalue weighted by molar-refractivity contribution is -0.138. The number of hydrogen-bond donors (Lipinski definition) is 2. The van der Waals surface area contributed by atoms with E-state index in [4.69, 9.17) is 10.8 Å². The SMILES string of the molecule is CS(C)=O.CSCCC(N)C(=O)O. The zero-order chi connectivity index (χ0) is 10.9. The van der Waals surface area contributed by atoms with Gasteiger partial charge in [-0.2, -0.15) is 11.8 Å². The lowest BCUT2D eigenvalue weighted by Gasteiger charge is -2.02. The van der Waals surface area contributed by atoms with E-state index in [1.807, 2.05) is 6.26 Å². The van der Waals surface area contributed by atoms with E-state index in [1.165, 1.54) is 0 Å². The molecule has 0 aromatic heterocycles. The Bertz CT molecular complexity index is 160. The van der Waals surface area contributed by atoms with Crippen LogP contribution in [0.3, 0.4) is 0 Å². The van der Waals surface area contributed by atoms with E-state index in [-0.39, 0.29) is 0 Å². The molecule has 0 rings (SSSR count). The molecule has 0 fully saturated rings. The molecule has 1 unspecified atom stereocenters. The van der Waals surface area contributed by atoms with Gasteiger partial charge in [0.2, 0.25) is 0 Å². The topological polar surface area (TPSA) is 80.4 Å². The van der Waals surface area contributed by atoms with Crippen LogP contribution < -0.4 is 5.73 Å². The van der Waals surface area contributed by atoms with Crippen molar-refractivity contribution >= 4 is 28.5 Å². The van der Waals surface area contributed by atoms with Gasteiger partial charge in [-0.05, 0) is 18.4 Å². The van der Waals surface area contributed by atoms with Crippen LogP contribution in [0.4, 0.5) is 0 Å². The summed E-state index contributed by atoms with van der Waals surface area (Å²) >= 11 is 1.60. The Morgan fingerprint density at radius 3 is 2.23 bits per heavy atom. The van der Waals surface area contributed by atoms with Crippen LogP contribution in [0.2, 0.25) is 0 Å². The van der Waals surface area contributed by atoms with Gasteiger partial charge in [-0.1, -0.05) is 0 Å². The minimum atomic E-state index is -0.913. The van der Waals surface area contributed by atoms with Gasteiger partial charge in [0.05, 0.1) is 0 Å². The quantitative estimate of drug-likeness (QED) is 0.714. The number of carboxylic acids is 1. The van der Waals surface area contributed by atoms with Crippen LogP contribution in [0.1, 0.15) is 6.42 Å². The molecule has 80 valence electrons. The zero-order valence-electron chi connectivity index (χ0n) is 8.15. The fraction of sp³-hybridized carbons (Fsp3) is 0.857. The van der Waals surface area contributed by atoms with Gasteiger partial charge in [0.25, 0.3) is 0 Å². The molecule has 0 radical (unpaired) electrons. The number of aliphatic carboxylic acids is 1. The maximum atomic E-state index is 10.1. The smallest absolute Gasteiger partial charge is 0.320 e. The summed E-state index contributed by atoms with van der Waals surface area (Å²) in [4.78, 5) is 10.1. The highest BCUT2D eigenvalue weighted by Gasteiger charge is 2.08. The van der Waals surface area contributed by atoms with Crippen molar-refractivity contribution in [1.82, 2.24) is 0 Å². The second kappa shape index (κ2) is 10.0. The molecule has 0 saturated carbocycles. The second-order valence-corrected chi connectivity index (χ2v) is 4.94. The molecule has 1 atom stereocenters. The van der Waals surface area contributed by atoms with E-state index in [2.05, 4.69) is 0 Å². The first kappa shape index (κ1) is 15.4. The monoisotopic (exact) mass is 227 g/mol. The minimum Gasteiger partial charge on any atom is -0.480 e. The Kier molecular flexibility index (Phi) is 11.9. The normalized spacial score (nSPS) is 11.8. The van der Waals surface area contributed by atoms with Crippen molar-refractivity contribution in [3.63, 3.8) is 0 Å². The lowest BCUT2D eigenvalue weighted by atomic mass is 10.2. The summed E-state index contributed by atoms with van der Waals surface area (Å²) in [5, 5.41) is 8.27. The van der Waals surface area contributed by atoms with Gasteiger partial charge in [-0.25, -0.2) is 0 Å². The van der Waals surface area contributed by atoms with E-state index in [9.17, 15) is 9.00 Å². The molecule has 0 aliphatic carbocycles. The molecule has 0 saturated heterocycles. The first-order valence-corrected chi connectivity index (χ1v) is 7.00. The molecule has 0 amide bonds. The van der Waals surface area contributed by atoms with Crippen molar-refractivity contribution in [2.24, 2.45) is 5.73 Å². The van der Waals surface area contributed by atoms with Crippen LogP contribution >= 0.6 is 11.8 Å². The van der Waals surface area contributed by atoms with Gasteiger partial charge in [0, 0.05) is 23.3 Å². The molecule has 4 nitrogen and oxygen atoms in total. The average molecular weight is 227 g/mol. The Morgan fingerprint density at radius 2 is 2.00 bits per heavy atom. The van der Waals surface area contributed by atoms with Gasteiger partial charge in [-0.3, -0.25) is 9.00 Å². The van der Waals surface area contributed by atoms with E-state index in [0.29, 0.717) is 6.42 Å². The minimum absolute atomic E-state index is 0.552. The average Bonchev–Trinajstić information content (AvgIpc) is 1.98. The van der Waals surface area contributed by atoms with Crippen LogP contribution in [-0.4, -0.2) is 45.8 Å². The number of carboxylic acid groups (broad SMARTS) is 1. The second-order valence-electron chi connectivity index (χ2n) is 2.47.